The van der Waals surface area contributed by atoms with Crippen molar-refractivity contribution >= 4 is 11.6 Å². The summed E-state index contributed by atoms with van der Waals surface area (Å²) in [5, 5.41) is 10.4. The van der Waals surface area contributed by atoms with Crippen LogP contribution in [-0.2, 0) is 7.05 Å². The summed E-state index contributed by atoms with van der Waals surface area (Å²) < 4.78 is 2.08. The van der Waals surface area contributed by atoms with Crippen LogP contribution in [0.1, 0.15) is 30.7 Å². The van der Waals surface area contributed by atoms with Gasteiger partial charge in [0.25, 0.3) is 0 Å². The van der Waals surface area contributed by atoms with E-state index in [0.717, 1.165) is 33.6 Å². The maximum absolute atomic E-state index is 9.67. The Labute approximate surface area is 155 Å². The molecule has 128 valence electrons. The van der Waals surface area contributed by atoms with E-state index in [1.54, 1.807) is 0 Å². The summed E-state index contributed by atoms with van der Waals surface area (Å²) in [6.45, 7) is 8.05. The van der Waals surface area contributed by atoms with E-state index in [9.17, 15) is 5.26 Å². The SMILES string of the molecule is CC.Cc1cccc(-c2c(C#N)c(C)n(C)c2-c2ccc(Cl)cc2)c1. The van der Waals surface area contributed by atoms with Crippen LogP contribution < -0.4 is 0 Å². The lowest BCUT2D eigenvalue weighted by Gasteiger charge is -2.10. The van der Waals surface area contributed by atoms with E-state index < -0.39 is 0 Å². The fourth-order valence-corrected chi connectivity index (χ4v) is 3.09. The van der Waals surface area contributed by atoms with Gasteiger partial charge in [0.05, 0.1) is 11.3 Å². The van der Waals surface area contributed by atoms with Crippen molar-refractivity contribution in [3.8, 4) is 28.5 Å². The number of aryl methyl sites for hydroxylation is 1. The summed E-state index contributed by atoms with van der Waals surface area (Å²) in [7, 11) is 2.00. The molecule has 2 nitrogen and oxygen atoms in total. The molecule has 0 radical (unpaired) electrons. The smallest absolute Gasteiger partial charge is 0.102 e. The highest BCUT2D eigenvalue weighted by atomic mass is 35.5. The third kappa shape index (κ3) is 3.62. The van der Waals surface area contributed by atoms with E-state index in [0.29, 0.717) is 5.02 Å². The monoisotopic (exact) mass is 350 g/mol. The standard InChI is InChI=1S/C20H17ClN2.C2H6/c1-13-5-4-6-16(11-13)19-18(12-22)14(2)23(3)20(19)15-7-9-17(21)10-8-15;1-2/h4-11H,1-3H3;1-2H3. The normalized spacial score (nSPS) is 9.96. The molecule has 0 saturated heterocycles. The Hall–Kier alpha value is -2.50. The van der Waals surface area contributed by atoms with Gasteiger partial charge in [0.2, 0.25) is 0 Å². The van der Waals surface area contributed by atoms with Gasteiger partial charge in [-0.3, -0.25) is 0 Å². The maximum Gasteiger partial charge on any atom is 0.102 e. The molecule has 0 atom stereocenters. The Morgan fingerprint density at radius 3 is 2.16 bits per heavy atom. The quantitative estimate of drug-likeness (QED) is 0.516. The lowest BCUT2D eigenvalue weighted by atomic mass is 9.96. The van der Waals surface area contributed by atoms with Gasteiger partial charge in [-0.2, -0.15) is 5.26 Å². The topological polar surface area (TPSA) is 28.7 Å². The summed E-state index contributed by atoms with van der Waals surface area (Å²) in [6, 6.07) is 18.4. The summed E-state index contributed by atoms with van der Waals surface area (Å²) in [6.07, 6.45) is 0. The third-order valence-corrected chi connectivity index (χ3v) is 4.48. The fraction of sp³-hybridized carbons (Fsp3) is 0.227. The Kier molecular flexibility index (Phi) is 6.07. The van der Waals surface area contributed by atoms with E-state index in [4.69, 9.17) is 11.6 Å². The number of hydrogen-bond acceptors (Lipinski definition) is 1. The number of nitrogens with zero attached hydrogens (tertiary/aromatic N) is 2. The molecular weight excluding hydrogens is 328 g/mol. The first-order valence-electron chi connectivity index (χ1n) is 8.45. The highest BCUT2D eigenvalue weighted by molar-refractivity contribution is 6.30. The predicted octanol–water partition coefficient (Wildman–Crippen LogP) is 6.53. The second kappa shape index (κ2) is 8.05. The van der Waals surface area contributed by atoms with Gasteiger partial charge < -0.3 is 4.57 Å². The van der Waals surface area contributed by atoms with Crippen molar-refractivity contribution < 1.29 is 0 Å². The molecule has 0 unspecified atom stereocenters. The zero-order valence-electron chi connectivity index (χ0n) is 15.4. The number of hydrogen-bond donors (Lipinski definition) is 0. The molecule has 0 aliphatic carbocycles. The Morgan fingerprint density at radius 2 is 1.60 bits per heavy atom. The molecule has 0 aliphatic heterocycles. The molecule has 1 aromatic heterocycles. The van der Waals surface area contributed by atoms with Crippen LogP contribution in [-0.4, -0.2) is 4.57 Å². The van der Waals surface area contributed by atoms with Gasteiger partial charge in [0.15, 0.2) is 0 Å². The van der Waals surface area contributed by atoms with Crippen LogP contribution >= 0.6 is 11.6 Å². The van der Waals surface area contributed by atoms with Crippen molar-refractivity contribution in [2.24, 2.45) is 7.05 Å². The van der Waals surface area contributed by atoms with Crippen molar-refractivity contribution in [1.82, 2.24) is 4.57 Å². The van der Waals surface area contributed by atoms with Gasteiger partial charge in [-0.15, -0.1) is 0 Å². The molecule has 3 rings (SSSR count). The summed E-state index contributed by atoms with van der Waals surface area (Å²) in [4.78, 5) is 0. The van der Waals surface area contributed by atoms with Gasteiger partial charge in [-0.25, -0.2) is 0 Å². The van der Waals surface area contributed by atoms with Crippen molar-refractivity contribution in [1.29, 1.82) is 5.26 Å². The number of aromatic nitrogens is 1. The van der Waals surface area contributed by atoms with Crippen LogP contribution in [0.3, 0.4) is 0 Å². The van der Waals surface area contributed by atoms with Crippen molar-refractivity contribution in [3.63, 3.8) is 0 Å². The largest absolute Gasteiger partial charge is 0.346 e. The van der Waals surface area contributed by atoms with Crippen LogP contribution in [0.15, 0.2) is 48.5 Å². The Morgan fingerprint density at radius 1 is 0.960 bits per heavy atom. The molecule has 3 aromatic rings. The fourth-order valence-electron chi connectivity index (χ4n) is 2.97. The van der Waals surface area contributed by atoms with Crippen LogP contribution in [0.2, 0.25) is 5.02 Å². The molecule has 25 heavy (non-hydrogen) atoms. The van der Waals surface area contributed by atoms with Crippen molar-refractivity contribution in [3.05, 3.63) is 70.4 Å². The summed E-state index contributed by atoms with van der Waals surface area (Å²) >= 11 is 6.02. The second-order valence-electron chi connectivity index (χ2n) is 5.73. The van der Waals surface area contributed by atoms with Crippen molar-refractivity contribution in [2.75, 3.05) is 0 Å². The molecule has 2 aromatic carbocycles. The average Bonchev–Trinajstić information content (AvgIpc) is 2.88. The van der Waals surface area contributed by atoms with Gasteiger partial charge in [0.1, 0.15) is 6.07 Å². The summed E-state index contributed by atoms with van der Waals surface area (Å²) in [5.41, 5.74) is 7.01. The molecule has 0 aliphatic rings. The third-order valence-electron chi connectivity index (χ3n) is 4.22. The summed E-state index contributed by atoms with van der Waals surface area (Å²) in [5.74, 6) is 0. The lowest BCUT2D eigenvalue weighted by Crippen LogP contribution is -1.94. The first-order chi connectivity index (χ1) is 12.0. The van der Waals surface area contributed by atoms with Gasteiger partial charge in [-0.1, -0.05) is 67.4 Å². The predicted molar refractivity (Wildman–Crippen MR) is 107 cm³/mol. The minimum absolute atomic E-state index is 0.706. The van der Waals surface area contributed by atoms with Crippen molar-refractivity contribution in [2.45, 2.75) is 27.7 Å². The lowest BCUT2D eigenvalue weighted by molar-refractivity contribution is 0.889. The molecule has 0 saturated carbocycles. The van der Waals surface area contributed by atoms with Crippen LogP contribution in [0.4, 0.5) is 0 Å². The van der Waals surface area contributed by atoms with E-state index in [-0.39, 0.29) is 0 Å². The first kappa shape index (κ1) is 18.8. The van der Waals surface area contributed by atoms with E-state index in [1.807, 2.05) is 58.2 Å². The van der Waals surface area contributed by atoms with Crippen LogP contribution in [0, 0.1) is 25.2 Å². The zero-order chi connectivity index (χ0) is 18.6. The number of rotatable bonds is 2. The molecule has 3 heteroatoms. The maximum atomic E-state index is 9.67. The number of benzene rings is 2. The van der Waals surface area contributed by atoms with Gasteiger partial charge in [-0.05, 0) is 37.1 Å². The van der Waals surface area contributed by atoms with E-state index >= 15 is 0 Å². The zero-order valence-corrected chi connectivity index (χ0v) is 16.1. The van der Waals surface area contributed by atoms with E-state index in [2.05, 4.69) is 35.8 Å². The minimum Gasteiger partial charge on any atom is -0.346 e. The Bertz CT molecular complexity index is 912. The van der Waals surface area contributed by atoms with Crippen LogP contribution in [0.25, 0.3) is 22.4 Å². The molecular formula is C22H23ClN2. The number of halogens is 1. The first-order valence-corrected chi connectivity index (χ1v) is 8.83. The number of nitriles is 1. The minimum atomic E-state index is 0.706. The molecule has 0 fully saturated rings. The average molecular weight is 351 g/mol. The van der Waals surface area contributed by atoms with E-state index in [1.165, 1.54) is 5.56 Å². The molecule has 0 N–H and O–H groups in total. The molecule has 1 heterocycles. The highest BCUT2D eigenvalue weighted by Crippen LogP contribution is 2.38. The second-order valence-corrected chi connectivity index (χ2v) is 6.17. The van der Waals surface area contributed by atoms with Crippen LogP contribution in [0.5, 0.6) is 0 Å². The molecule has 0 bridgehead atoms. The molecule has 0 spiro atoms. The van der Waals surface area contributed by atoms with Gasteiger partial charge >= 0.3 is 0 Å². The Balaban J connectivity index is 0.00000109. The molecule has 0 amide bonds. The highest BCUT2D eigenvalue weighted by Gasteiger charge is 2.21. The van der Waals surface area contributed by atoms with Gasteiger partial charge in [0, 0.05) is 23.3 Å².